The second kappa shape index (κ2) is 6.15. The number of aromatic nitrogens is 2. The van der Waals surface area contributed by atoms with E-state index in [4.69, 9.17) is 5.73 Å². The molecule has 2 saturated heterocycles. The third kappa shape index (κ3) is 3.11. The fourth-order valence-corrected chi connectivity index (χ4v) is 3.74. The highest BCUT2D eigenvalue weighted by Crippen LogP contribution is 2.32. The molecule has 2 aliphatic rings. The van der Waals surface area contributed by atoms with Crippen molar-refractivity contribution in [2.75, 3.05) is 13.6 Å². The lowest BCUT2D eigenvalue weighted by Gasteiger charge is -2.47. The summed E-state index contributed by atoms with van der Waals surface area (Å²) in [6.45, 7) is 1.24. The molecule has 6 nitrogen and oxygen atoms in total. The second-order valence-electron chi connectivity index (χ2n) is 6.33. The van der Waals surface area contributed by atoms with Crippen molar-refractivity contribution >= 4 is 5.91 Å². The van der Waals surface area contributed by atoms with Crippen LogP contribution in [0.25, 0.3) is 0 Å². The maximum atomic E-state index is 12.3. The quantitative estimate of drug-likeness (QED) is 0.851. The molecular weight excluding hydrogens is 266 g/mol. The van der Waals surface area contributed by atoms with Crippen LogP contribution in [-0.2, 0) is 6.54 Å². The molecule has 0 aromatic carbocycles. The van der Waals surface area contributed by atoms with Crippen LogP contribution in [0.4, 0.5) is 0 Å². The Balaban J connectivity index is 1.59. The smallest absolute Gasteiger partial charge is 0.271 e. The van der Waals surface area contributed by atoms with Gasteiger partial charge in [-0.05, 0) is 32.7 Å². The molecule has 2 unspecified atom stereocenters. The number of fused-ring (bicyclic) bond motifs is 2. The van der Waals surface area contributed by atoms with Gasteiger partial charge in [-0.15, -0.1) is 0 Å². The van der Waals surface area contributed by atoms with Crippen molar-refractivity contribution in [2.24, 2.45) is 5.73 Å². The van der Waals surface area contributed by atoms with Gasteiger partial charge in [0.2, 0.25) is 0 Å². The first-order valence-corrected chi connectivity index (χ1v) is 7.92. The molecule has 1 aromatic heterocycles. The number of nitrogens with one attached hydrogen (secondary N) is 1. The van der Waals surface area contributed by atoms with Crippen LogP contribution < -0.4 is 11.1 Å². The van der Waals surface area contributed by atoms with E-state index in [9.17, 15) is 4.79 Å². The topological polar surface area (TPSA) is 76.2 Å². The molecule has 2 aliphatic heterocycles. The summed E-state index contributed by atoms with van der Waals surface area (Å²) in [5, 5.41) is 3.17. The van der Waals surface area contributed by atoms with Crippen molar-refractivity contribution in [1.82, 2.24) is 19.8 Å². The van der Waals surface area contributed by atoms with E-state index in [0.717, 1.165) is 12.8 Å². The van der Waals surface area contributed by atoms with Crippen molar-refractivity contribution in [3.05, 3.63) is 18.2 Å². The summed E-state index contributed by atoms with van der Waals surface area (Å²) in [6, 6.07) is 1.53. The molecule has 2 fully saturated rings. The maximum absolute atomic E-state index is 12.3. The number of piperidine rings is 2. The number of amides is 1. The van der Waals surface area contributed by atoms with E-state index in [2.05, 4.69) is 22.2 Å². The van der Waals surface area contributed by atoms with E-state index in [1.165, 1.54) is 19.3 Å². The number of nitrogens with zero attached hydrogens (tertiary/aromatic N) is 3. The zero-order chi connectivity index (χ0) is 14.8. The summed E-state index contributed by atoms with van der Waals surface area (Å²) >= 11 is 0. The molecule has 0 spiro atoms. The third-order valence-electron chi connectivity index (χ3n) is 4.93. The van der Waals surface area contributed by atoms with Crippen molar-refractivity contribution in [1.29, 1.82) is 0 Å². The van der Waals surface area contributed by atoms with Crippen molar-refractivity contribution < 1.29 is 4.79 Å². The minimum absolute atomic E-state index is 0.0570. The van der Waals surface area contributed by atoms with Gasteiger partial charge in [0.05, 0.1) is 6.33 Å². The van der Waals surface area contributed by atoms with Crippen LogP contribution in [0.3, 0.4) is 0 Å². The predicted octanol–water partition coefficient (Wildman–Crippen LogP) is 0.587. The summed E-state index contributed by atoms with van der Waals surface area (Å²) in [6.07, 6.45) is 9.40. The maximum Gasteiger partial charge on any atom is 0.271 e. The summed E-state index contributed by atoms with van der Waals surface area (Å²) in [5.74, 6) is -0.0570. The average Bonchev–Trinajstić information content (AvgIpc) is 2.89. The molecule has 0 saturated carbocycles. The van der Waals surface area contributed by atoms with Crippen LogP contribution in [0.2, 0.25) is 0 Å². The Labute approximate surface area is 125 Å². The Morgan fingerprint density at radius 3 is 2.81 bits per heavy atom. The Morgan fingerprint density at radius 2 is 2.14 bits per heavy atom. The second-order valence-corrected chi connectivity index (χ2v) is 6.33. The molecule has 2 atom stereocenters. The molecule has 3 rings (SSSR count). The molecule has 3 heterocycles. The Bertz CT molecular complexity index is 486. The molecule has 3 N–H and O–H groups in total. The summed E-state index contributed by atoms with van der Waals surface area (Å²) in [5.41, 5.74) is 6.00. The number of carbonyl (C=O) groups is 1. The zero-order valence-electron chi connectivity index (χ0n) is 12.7. The first-order chi connectivity index (χ1) is 10.2. The van der Waals surface area contributed by atoms with Crippen molar-refractivity contribution in [3.63, 3.8) is 0 Å². The van der Waals surface area contributed by atoms with Crippen LogP contribution in [0.1, 0.15) is 42.6 Å². The SMILES string of the molecule is CN1C2CCCC1CC(NC(=O)c1cn(CCN)cn1)C2. The van der Waals surface area contributed by atoms with Crippen LogP contribution >= 0.6 is 0 Å². The Morgan fingerprint density at radius 1 is 1.43 bits per heavy atom. The first-order valence-electron chi connectivity index (χ1n) is 7.92. The molecule has 0 radical (unpaired) electrons. The Kier molecular flexibility index (Phi) is 4.26. The monoisotopic (exact) mass is 291 g/mol. The number of hydrogen-bond donors (Lipinski definition) is 2. The predicted molar refractivity (Wildman–Crippen MR) is 81.0 cm³/mol. The van der Waals surface area contributed by atoms with Crippen LogP contribution in [0.15, 0.2) is 12.5 Å². The van der Waals surface area contributed by atoms with Gasteiger partial charge in [-0.25, -0.2) is 4.98 Å². The molecule has 1 amide bonds. The third-order valence-corrected chi connectivity index (χ3v) is 4.93. The zero-order valence-corrected chi connectivity index (χ0v) is 12.7. The fourth-order valence-electron chi connectivity index (χ4n) is 3.74. The lowest BCUT2D eigenvalue weighted by atomic mass is 9.82. The van der Waals surface area contributed by atoms with E-state index < -0.39 is 0 Å². The molecule has 0 aliphatic carbocycles. The van der Waals surface area contributed by atoms with E-state index >= 15 is 0 Å². The van der Waals surface area contributed by atoms with Crippen molar-refractivity contribution in [2.45, 2.75) is 56.8 Å². The summed E-state index contributed by atoms with van der Waals surface area (Å²) in [4.78, 5) is 19.0. The van der Waals surface area contributed by atoms with Gasteiger partial charge in [-0.3, -0.25) is 4.79 Å². The van der Waals surface area contributed by atoms with E-state index in [0.29, 0.717) is 30.9 Å². The molecule has 6 heteroatoms. The van der Waals surface area contributed by atoms with Crippen LogP contribution in [-0.4, -0.2) is 52.1 Å². The first kappa shape index (κ1) is 14.5. The number of nitrogens with two attached hydrogens (primary N) is 1. The normalized spacial score (nSPS) is 29.3. The van der Waals surface area contributed by atoms with Gasteiger partial charge in [0.15, 0.2) is 0 Å². The van der Waals surface area contributed by atoms with Crippen LogP contribution in [0, 0.1) is 0 Å². The molecule has 2 bridgehead atoms. The number of imidazole rings is 1. The molecule has 1 aromatic rings. The number of hydrogen-bond acceptors (Lipinski definition) is 4. The largest absolute Gasteiger partial charge is 0.348 e. The van der Waals surface area contributed by atoms with Gasteiger partial charge in [-0.2, -0.15) is 0 Å². The lowest BCUT2D eigenvalue weighted by molar-refractivity contribution is 0.0462. The summed E-state index contributed by atoms with van der Waals surface area (Å²) in [7, 11) is 2.22. The number of rotatable bonds is 4. The van der Waals surface area contributed by atoms with Crippen molar-refractivity contribution in [3.8, 4) is 0 Å². The van der Waals surface area contributed by atoms with Gasteiger partial charge in [0, 0.05) is 37.4 Å². The minimum atomic E-state index is -0.0570. The average molecular weight is 291 g/mol. The van der Waals surface area contributed by atoms with Gasteiger partial charge < -0.3 is 20.5 Å². The minimum Gasteiger partial charge on any atom is -0.348 e. The van der Waals surface area contributed by atoms with E-state index in [-0.39, 0.29) is 11.9 Å². The number of carbonyl (C=O) groups excluding carboxylic acids is 1. The fraction of sp³-hybridized carbons (Fsp3) is 0.733. The highest BCUT2D eigenvalue weighted by Gasteiger charge is 2.36. The van der Waals surface area contributed by atoms with Crippen LogP contribution in [0.5, 0.6) is 0 Å². The highest BCUT2D eigenvalue weighted by atomic mass is 16.2. The molecule has 21 heavy (non-hydrogen) atoms. The highest BCUT2D eigenvalue weighted by molar-refractivity contribution is 5.92. The van der Waals surface area contributed by atoms with Gasteiger partial charge in [-0.1, -0.05) is 6.42 Å². The van der Waals surface area contributed by atoms with E-state index in [1.807, 2.05) is 4.57 Å². The van der Waals surface area contributed by atoms with E-state index in [1.54, 1.807) is 12.5 Å². The molecule has 116 valence electrons. The standard InChI is InChI=1S/C15H25N5O/c1-19-12-3-2-4-13(19)8-11(7-12)18-15(21)14-9-20(6-5-16)10-17-14/h9-13H,2-8,16H2,1H3,(H,18,21). The van der Waals surface area contributed by atoms with Gasteiger partial charge in [0.1, 0.15) is 5.69 Å². The van der Waals surface area contributed by atoms with Gasteiger partial charge >= 0.3 is 0 Å². The molecular formula is C15H25N5O. The lowest BCUT2D eigenvalue weighted by Crippen LogP contribution is -2.55. The Hall–Kier alpha value is -1.40. The van der Waals surface area contributed by atoms with Gasteiger partial charge in [0.25, 0.3) is 5.91 Å². The summed E-state index contributed by atoms with van der Waals surface area (Å²) < 4.78 is 1.86.